The lowest BCUT2D eigenvalue weighted by molar-refractivity contribution is -0.457. The molecule has 170 valence electrons. The highest BCUT2D eigenvalue weighted by atomic mass is 32.1. The third-order valence-electron chi connectivity index (χ3n) is 4.18. The second kappa shape index (κ2) is 8.33. The molecule has 0 aliphatic heterocycles. The Morgan fingerprint density at radius 3 is 2.27 bits per heavy atom. The number of hydrogen-bond donors (Lipinski definition) is 1. The number of alkyl halides is 7. The summed E-state index contributed by atoms with van der Waals surface area (Å²) in [6, 6.07) is 0. The lowest BCUT2D eigenvalue weighted by Gasteiger charge is -2.25. The molecule has 0 bridgehead atoms. The van der Waals surface area contributed by atoms with Crippen molar-refractivity contribution in [1.29, 1.82) is 0 Å². The Morgan fingerprint density at radius 1 is 1.13 bits per heavy atom. The van der Waals surface area contributed by atoms with Crippen molar-refractivity contribution >= 4 is 28.2 Å². The molecule has 0 fully saturated rings. The number of carbonyl (C=O) groups excluding carboxylic acids is 2. The molecule has 13 heteroatoms. The predicted molar refractivity (Wildman–Crippen MR) is 91.7 cm³/mol. The molecule has 1 N–H and O–H groups in total. The van der Waals surface area contributed by atoms with E-state index in [2.05, 4.69) is 4.74 Å². The van der Waals surface area contributed by atoms with Gasteiger partial charge in [-0.15, -0.1) is 24.5 Å². The SMILES string of the molecule is CC(C)OC(=O)c1c(NC(=O)C(F)(F)C(F)(F)OC(F)(F)F)sc2c1CC[C@@H](C)C2. The third-order valence-corrected chi connectivity index (χ3v) is 5.35. The number of hydrogen-bond acceptors (Lipinski definition) is 5. The van der Waals surface area contributed by atoms with Gasteiger partial charge in [-0.1, -0.05) is 6.92 Å². The lowest BCUT2D eigenvalue weighted by atomic mass is 9.88. The van der Waals surface area contributed by atoms with Crippen molar-refractivity contribution in [2.45, 2.75) is 64.5 Å². The number of esters is 1. The summed E-state index contributed by atoms with van der Waals surface area (Å²) in [7, 11) is 0. The highest BCUT2D eigenvalue weighted by Crippen LogP contribution is 2.43. The summed E-state index contributed by atoms with van der Waals surface area (Å²) in [5, 5.41) is 0.977. The Kier molecular flexibility index (Phi) is 6.77. The van der Waals surface area contributed by atoms with Crippen LogP contribution in [0.1, 0.15) is 48.0 Å². The van der Waals surface area contributed by atoms with Gasteiger partial charge < -0.3 is 10.1 Å². The number of carbonyl (C=O) groups is 2. The van der Waals surface area contributed by atoms with Gasteiger partial charge in [-0.05, 0) is 44.6 Å². The van der Waals surface area contributed by atoms with Crippen LogP contribution in [0.25, 0.3) is 0 Å². The monoisotopic (exact) mass is 465 g/mol. The van der Waals surface area contributed by atoms with Crippen LogP contribution in [0.4, 0.5) is 35.7 Å². The molecule has 1 aromatic heterocycles. The highest BCUT2D eigenvalue weighted by molar-refractivity contribution is 7.17. The molecule has 1 amide bonds. The second-order valence-electron chi connectivity index (χ2n) is 7.10. The minimum atomic E-state index is -6.17. The van der Waals surface area contributed by atoms with Gasteiger partial charge in [0, 0.05) is 4.88 Å². The molecule has 0 saturated heterocycles. The Balaban J connectivity index is 2.39. The van der Waals surface area contributed by atoms with Gasteiger partial charge in [-0.2, -0.15) is 17.6 Å². The lowest BCUT2D eigenvalue weighted by Crippen LogP contribution is -2.53. The maximum Gasteiger partial charge on any atom is 0.527 e. The van der Waals surface area contributed by atoms with E-state index in [0.29, 0.717) is 41.0 Å². The molecule has 0 saturated carbocycles. The van der Waals surface area contributed by atoms with Crippen molar-refractivity contribution in [1.82, 2.24) is 0 Å². The summed E-state index contributed by atoms with van der Waals surface area (Å²) in [6.45, 7) is 4.93. The van der Waals surface area contributed by atoms with Crippen LogP contribution in [-0.2, 0) is 27.1 Å². The first kappa shape index (κ1) is 24.4. The van der Waals surface area contributed by atoms with Gasteiger partial charge >= 0.3 is 30.3 Å². The molecule has 0 spiro atoms. The summed E-state index contributed by atoms with van der Waals surface area (Å²) in [6.07, 6.45) is -11.4. The van der Waals surface area contributed by atoms with Crippen molar-refractivity contribution in [3.05, 3.63) is 16.0 Å². The first-order valence-electron chi connectivity index (χ1n) is 8.74. The zero-order valence-corrected chi connectivity index (χ0v) is 16.8. The second-order valence-corrected chi connectivity index (χ2v) is 8.21. The zero-order valence-electron chi connectivity index (χ0n) is 16.0. The Bertz CT molecular complexity index is 820. The Morgan fingerprint density at radius 2 is 1.73 bits per heavy atom. The molecule has 0 radical (unpaired) electrons. The number of amides is 1. The number of halogens is 7. The van der Waals surface area contributed by atoms with Gasteiger partial charge in [-0.3, -0.25) is 4.79 Å². The molecule has 1 atom stereocenters. The van der Waals surface area contributed by atoms with E-state index in [1.807, 2.05) is 6.92 Å². The van der Waals surface area contributed by atoms with Crippen LogP contribution in [0.2, 0.25) is 0 Å². The number of nitrogens with one attached hydrogen (secondary N) is 1. The molecule has 1 heterocycles. The fraction of sp³-hybridized carbons (Fsp3) is 0.647. The fourth-order valence-corrected chi connectivity index (χ4v) is 4.24. The molecule has 0 aromatic carbocycles. The van der Waals surface area contributed by atoms with Crippen LogP contribution >= 0.6 is 11.3 Å². The van der Waals surface area contributed by atoms with E-state index in [1.165, 1.54) is 19.2 Å². The van der Waals surface area contributed by atoms with Crippen molar-refractivity contribution in [2.75, 3.05) is 5.32 Å². The van der Waals surface area contributed by atoms with E-state index in [-0.39, 0.29) is 11.5 Å². The van der Waals surface area contributed by atoms with Crippen LogP contribution in [-0.4, -0.2) is 36.4 Å². The van der Waals surface area contributed by atoms with Crippen molar-refractivity contribution in [3.63, 3.8) is 0 Å². The van der Waals surface area contributed by atoms with Crippen molar-refractivity contribution in [3.8, 4) is 0 Å². The molecule has 30 heavy (non-hydrogen) atoms. The number of thiophene rings is 1. The Labute approximate surface area is 170 Å². The van der Waals surface area contributed by atoms with E-state index in [4.69, 9.17) is 4.74 Å². The molecule has 1 aromatic rings. The number of anilines is 1. The molecule has 1 aliphatic rings. The van der Waals surface area contributed by atoms with Gasteiger partial charge in [0.15, 0.2) is 0 Å². The first-order valence-corrected chi connectivity index (χ1v) is 9.56. The third kappa shape index (κ3) is 5.23. The summed E-state index contributed by atoms with van der Waals surface area (Å²) in [5.41, 5.74) is 0.167. The minimum absolute atomic E-state index is 0.180. The maximum atomic E-state index is 13.8. The van der Waals surface area contributed by atoms with E-state index in [1.54, 1.807) is 0 Å². The quantitative estimate of drug-likeness (QED) is 0.467. The first-order chi connectivity index (χ1) is 13.5. The summed E-state index contributed by atoms with van der Waals surface area (Å²) in [4.78, 5) is 24.8. The molecule has 1 aliphatic carbocycles. The van der Waals surface area contributed by atoms with Crippen LogP contribution < -0.4 is 5.32 Å². The number of ether oxygens (including phenoxy) is 2. The molecule has 5 nitrogen and oxygen atoms in total. The molecule has 0 unspecified atom stereocenters. The number of rotatable bonds is 6. The summed E-state index contributed by atoms with van der Waals surface area (Å²) >= 11 is 0.715. The normalized spacial score (nSPS) is 17.6. The van der Waals surface area contributed by atoms with E-state index in [0.717, 1.165) is 0 Å². The maximum absolute atomic E-state index is 13.8. The largest absolute Gasteiger partial charge is 0.527 e. The van der Waals surface area contributed by atoms with E-state index in [9.17, 15) is 40.3 Å². The van der Waals surface area contributed by atoms with Crippen LogP contribution in [0, 0.1) is 5.92 Å². The van der Waals surface area contributed by atoms with Crippen molar-refractivity contribution < 1.29 is 49.8 Å². The fourth-order valence-electron chi connectivity index (χ4n) is 2.85. The number of fused-ring (bicyclic) bond motifs is 1. The highest BCUT2D eigenvalue weighted by Gasteiger charge is 2.67. The predicted octanol–water partition coefficient (Wildman–Crippen LogP) is 5.14. The standard InChI is InChI=1S/C17H18F7NO4S/c1-7(2)28-13(26)11-9-5-4-8(3)6-10(9)30-12(11)25-14(27)15(18,19)16(20,21)29-17(22,23)24/h7-8H,4-6H2,1-3H3,(H,25,27)/t8-/m1/s1. The van der Waals surface area contributed by atoms with Gasteiger partial charge in [0.25, 0.3) is 0 Å². The smallest absolute Gasteiger partial charge is 0.459 e. The van der Waals surface area contributed by atoms with Gasteiger partial charge in [-0.25, -0.2) is 9.53 Å². The molecular weight excluding hydrogens is 447 g/mol. The average Bonchev–Trinajstić information content (AvgIpc) is 2.88. The van der Waals surface area contributed by atoms with Gasteiger partial charge in [0.2, 0.25) is 0 Å². The Hall–Kier alpha value is -1.89. The van der Waals surface area contributed by atoms with Gasteiger partial charge in [0.05, 0.1) is 11.7 Å². The summed E-state index contributed by atoms with van der Waals surface area (Å²) < 4.78 is 97.5. The zero-order chi connectivity index (χ0) is 23.1. The van der Waals surface area contributed by atoms with E-state index < -0.39 is 41.4 Å². The van der Waals surface area contributed by atoms with Gasteiger partial charge in [0.1, 0.15) is 5.00 Å². The van der Waals surface area contributed by atoms with Crippen LogP contribution in [0.15, 0.2) is 0 Å². The summed E-state index contributed by atoms with van der Waals surface area (Å²) in [5.74, 6) is -9.41. The van der Waals surface area contributed by atoms with Crippen LogP contribution in [0.3, 0.4) is 0 Å². The minimum Gasteiger partial charge on any atom is -0.459 e. The average molecular weight is 465 g/mol. The molecule has 2 rings (SSSR count). The molecular formula is C17H18F7NO4S. The van der Waals surface area contributed by atoms with Crippen molar-refractivity contribution in [2.24, 2.45) is 5.92 Å². The van der Waals surface area contributed by atoms with Crippen LogP contribution in [0.5, 0.6) is 0 Å². The van der Waals surface area contributed by atoms with E-state index >= 15 is 0 Å². The topological polar surface area (TPSA) is 64.6 Å².